The summed E-state index contributed by atoms with van der Waals surface area (Å²) in [6.07, 6.45) is 1.94. The standard InChI is InChI=1S/C18H20FN5O/c1-3-4-14-9-15(21-20-14)11-24(2)18(25)17-10-16(22-23-17)12-5-7-13(19)8-6-12/h5-10H,3-4,11H2,1-2H3,(H,20,21)(H,22,23). The van der Waals surface area contributed by atoms with E-state index in [4.69, 9.17) is 0 Å². The molecule has 0 unspecified atom stereocenters. The Balaban J connectivity index is 1.68. The van der Waals surface area contributed by atoms with E-state index in [9.17, 15) is 9.18 Å². The molecule has 1 aromatic carbocycles. The lowest BCUT2D eigenvalue weighted by atomic mass is 10.1. The molecule has 3 rings (SSSR count). The molecule has 0 spiro atoms. The maximum Gasteiger partial charge on any atom is 0.271 e. The maximum absolute atomic E-state index is 13.0. The first kappa shape index (κ1) is 16.9. The van der Waals surface area contributed by atoms with Gasteiger partial charge in [-0.05, 0) is 42.8 Å². The summed E-state index contributed by atoms with van der Waals surface area (Å²) in [6, 6.07) is 9.63. The topological polar surface area (TPSA) is 77.7 Å². The number of nitrogens with zero attached hydrogens (tertiary/aromatic N) is 3. The fraction of sp³-hybridized carbons (Fsp3) is 0.278. The Labute approximate surface area is 145 Å². The van der Waals surface area contributed by atoms with Crippen molar-refractivity contribution in [2.24, 2.45) is 0 Å². The van der Waals surface area contributed by atoms with Crippen LogP contribution in [0.2, 0.25) is 0 Å². The first-order chi connectivity index (χ1) is 12.1. The molecule has 2 aromatic heterocycles. The fourth-order valence-electron chi connectivity index (χ4n) is 2.61. The van der Waals surface area contributed by atoms with Gasteiger partial charge in [0.2, 0.25) is 0 Å². The van der Waals surface area contributed by atoms with E-state index in [0.29, 0.717) is 17.9 Å². The van der Waals surface area contributed by atoms with E-state index in [0.717, 1.165) is 29.8 Å². The SMILES string of the molecule is CCCc1cc(CN(C)C(=O)c2cc(-c3ccc(F)cc3)n[nH]2)[nH]n1. The molecule has 0 atom stereocenters. The quantitative estimate of drug-likeness (QED) is 0.723. The number of aromatic nitrogens is 4. The number of amides is 1. The summed E-state index contributed by atoms with van der Waals surface area (Å²) in [4.78, 5) is 14.1. The Morgan fingerprint density at radius 3 is 2.64 bits per heavy atom. The van der Waals surface area contributed by atoms with E-state index in [1.54, 1.807) is 30.1 Å². The Bertz CT molecular complexity index is 852. The summed E-state index contributed by atoms with van der Waals surface area (Å²) in [5, 5.41) is 14.1. The number of halogens is 1. The molecule has 2 heterocycles. The Hall–Kier alpha value is -2.96. The van der Waals surface area contributed by atoms with Gasteiger partial charge in [0, 0.05) is 12.6 Å². The molecule has 1 amide bonds. The molecule has 0 aliphatic heterocycles. The largest absolute Gasteiger partial charge is 0.335 e. The van der Waals surface area contributed by atoms with Gasteiger partial charge in [-0.1, -0.05) is 13.3 Å². The summed E-state index contributed by atoms with van der Waals surface area (Å²) in [6.45, 7) is 2.53. The highest BCUT2D eigenvalue weighted by Gasteiger charge is 2.16. The summed E-state index contributed by atoms with van der Waals surface area (Å²) in [5.74, 6) is -0.482. The van der Waals surface area contributed by atoms with Crippen LogP contribution in [0.5, 0.6) is 0 Å². The number of hydrogen-bond donors (Lipinski definition) is 2. The van der Waals surface area contributed by atoms with E-state index in [1.165, 1.54) is 12.1 Å². The third-order valence-electron chi connectivity index (χ3n) is 3.89. The van der Waals surface area contributed by atoms with Crippen molar-refractivity contribution >= 4 is 5.91 Å². The van der Waals surface area contributed by atoms with Crippen LogP contribution < -0.4 is 0 Å². The van der Waals surface area contributed by atoms with Crippen LogP contribution in [0.1, 0.15) is 35.2 Å². The van der Waals surface area contributed by atoms with E-state index in [-0.39, 0.29) is 11.7 Å². The minimum Gasteiger partial charge on any atom is -0.335 e. The summed E-state index contributed by atoms with van der Waals surface area (Å²) >= 11 is 0. The third-order valence-corrected chi connectivity index (χ3v) is 3.89. The molecule has 0 saturated carbocycles. The molecule has 0 aliphatic rings. The van der Waals surface area contributed by atoms with E-state index < -0.39 is 0 Å². The van der Waals surface area contributed by atoms with Crippen LogP contribution in [0.25, 0.3) is 11.3 Å². The number of rotatable bonds is 6. The summed E-state index contributed by atoms with van der Waals surface area (Å²) in [5.41, 5.74) is 3.62. The molecule has 130 valence electrons. The van der Waals surface area contributed by atoms with Gasteiger partial charge in [-0.3, -0.25) is 15.0 Å². The van der Waals surface area contributed by atoms with Crippen LogP contribution >= 0.6 is 0 Å². The molecule has 7 heteroatoms. The highest BCUT2D eigenvalue weighted by molar-refractivity contribution is 5.93. The van der Waals surface area contributed by atoms with Gasteiger partial charge in [-0.2, -0.15) is 10.2 Å². The molecule has 0 saturated heterocycles. The second-order valence-electron chi connectivity index (χ2n) is 5.97. The smallest absolute Gasteiger partial charge is 0.271 e. The highest BCUT2D eigenvalue weighted by atomic mass is 19.1. The normalized spacial score (nSPS) is 10.8. The van der Waals surface area contributed by atoms with Crippen LogP contribution in [0.3, 0.4) is 0 Å². The van der Waals surface area contributed by atoms with E-state index in [2.05, 4.69) is 27.3 Å². The van der Waals surface area contributed by atoms with Gasteiger partial charge in [0.1, 0.15) is 11.5 Å². The molecule has 6 nitrogen and oxygen atoms in total. The number of carbonyl (C=O) groups is 1. The van der Waals surface area contributed by atoms with Gasteiger partial charge in [-0.25, -0.2) is 4.39 Å². The van der Waals surface area contributed by atoms with Gasteiger partial charge in [0.25, 0.3) is 5.91 Å². The van der Waals surface area contributed by atoms with Crippen LogP contribution in [-0.4, -0.2) is 38.2 Å². The van der Waals surface area contributed by atoms with Crippen molar-refractivity contribution in [1.29, 1.82) is 0 Å². The van der Waals surface area contributed by atoms with Crippen molar-refractivity contribution in [3.63, 3.8) is 0 Å². The number of nitrogens with one attached hydrogen (secondary N) is 2. The number of benzene rings is 1. The molecule has 0 fully saturated rings. The molecule has 0 radical (unpaired) electrons. The number of hydrogen-bond acceptors (Lipinski definition) is 3. The zero-order chi connectivity index (χ0) is 17.8. The lowest BCUT2D eigenvalue weighted by molar-refractivity contribution is 0.0777. The highest BCUT2D eigenvalue weighted by Crippen LogP contribution is 2.19. The number of aryl methyl sites for hydroxylation is 1. The second kappa shape index (κ2) is 7.29. The second-order valence-corrected chi connectivity index (χ2v) is 5.97. The van der Waals surface area contributed by atoms with E-state index >= 15 is 0 Å². The molecule has 3 aromatic rings. The van der Waals surface area contributed by atoms with Gasteiger partial charge in [0.15, 0.2) is 0 Å². The molecule has 0 aliphatic carbocycles. The zero-order valence-corrected chi connectivity index (χ0v) is 14.2. The molecular formula is C18H20FN5O. The van der Waals surface area contributed by atoms with E-state index in [1.807, 2.05) is 6.07 Å². The fourth-order valence-corrected chi connectivity index (χ4v) is 2.61. The lowest BCUT2D eigenvalue weighted by Crippen LogP contribution is -2.26. The van der Waals surface area contributed by atoms with Crippen LogP contribution in [0.4, 0.5) is 4.39 Å². The van der Waals surface area contributed by atoms with Crippen molar-refractivity contribution < 1.29 is 9.18 Å². The predicted octanol–water partition coefficient (Wildman–Crippen LogP) is 3.16. The van der Waals surface area contributed by atoms with Crippen molar-refractivity contribution in [3.8, 4) is 11.3 Å². The first-order valence-electron chi connectivity index (χ1n) is 8.16. The third kappa shape index (κ3) is 3.93. The van der Waals surface area contributed by atoms with Crippen LogP contribution in [0.15, 0.2) is 36.4 Å². The number of aromatic amines is 2. The predicted molar refractivity (Wildman–Crippen MR) is 92.4 cm³/mol. The monoisotopic (exact) mass is 341 g/mol. The van der Waals surface area contributed by atoms with Crippen LogP contribution in [-0.2, 0) is 13.0 Å². The Morgan fingerprint density at radius 2 is 1.92 bits per heavy atom. The van der Waals surface area contributed by atoms with Crippen molar-refractivity contribution in [2.75, 3.05) is 7.05 Å². The molecular weight excluding hydrogens is 321 g/mol. The average Bonchev–Trinajstić information content (AvgIpc) is 3.25. The maximum atomic E-state index is 13.0. The summed E-state index contributed by atoms with van der Waals surface area (Å²) in [7, 11) is 1.72. The number of H-pyrrole nitrogens is 2. The molecule has 25 heavy (non-hydrogen) atoms. The van der Waals surface area contributed by atoms with Gasteiger partial charge < -0.3 is 4.90 Å². The van der Waals surface area contributed by atoms with Gasteiger partial charge in [-0.15, -0.1) is 0 Å². The minimum atomic E-state index is -0.308. The molecule has 0 bridgehead atoms. The average molecular weight is 341 g/mol. The minimum absolute atomic E-state index is 0.174. The first-order valence-corrected chi connectivity index (χ1v) is 8.16. The van der Waals surface area contributed by atoms with Gasteiger partial charge in [0.05, 0.1) is 23.6 Å². The molecule has 2 N–H and O–H groups in total. The van der Waals surface area contributed by atoms with Crippen LogP contribution in [0, 0.1) is 5.82 Å². The Kier molecular flexibility index (Phi) is 4.92. The zero-order valence-electron chi connectivity index (χ0n) is 14.2. The van der Waals surface area contributed by atoms with Crippen molar-refractivity contribution in [2.45, 2.75) is 26.3 Å². The number of carbonyl (C=O) groups excluding carboxylic acids is 1. The summed E-state index contributed by atoms with van der Waals surface area (Å²) < 4.78 is 13.0. The van der Waals surface area contributed by atoms with Crippen molar-refractivity contribution in [1.82, 2.24) is 25.3 Å². The van der Waals surface area contributed by atoms with Gasteiger partial charge >= 0.3 is 0 Å². The lowest BCUT2D eigenvalue weighted by Gasteiger charge is -2.14. The van der Waals surface area contributed by atoms with Crippen molar-refractivity contribution in [3.05, 3.63) is 59.3 Å². The Morgan fingerprint density at radius 1 is 1.16 bits per heavy atom.